The van der Waals surface area contributed by atoms with Crippen molar-refractivity contribution >= 4 is 5.78 Å². The number of hydrogen-bond acceptors (Lipinski definition) is 5. The smallest absolute Gasteiger partial charge is 0.176 e. The van der Waals surface area contributed by atoms with Crippen LogP contribution in [0.5, 0.6) is 0 Å². The van der Waals surface area contributed by atoms with E-state index >= 15 is 0 Å². The van der Waals surface area contributed by atoms with Crippen LogP contribution < -0.4 is 5.48 Å². The van der Waals surface area contributed by atoms with Gasteiger partial charge in [-0.3, -0.25) is 9.48 Å². The van der Waals surface area contributed by atoms with E-state index in [1.807, 2.05) is 54.2 Å². The highest BCUT2D eigenvalue weighted by molar-refractivity contribution is 6.02. The average Bonchev–Trinajstić information content (AvgIpc) is 3.25. The molecule has 1 aromatic heterocycles. The van der Waals surface area contributed by atoms with Gasteiger partial charge in [-0.1, -0.05) is 81.1 Å². The molecule has 2 aliphatic rings. The molecular weight excluding hydrogens is 436 g/mol. The third kappa shape index (κ3) is 4.70. The van der Waals surface area contributed by atoms with Crippen LogP contribution in [-0.4, -0.2) is 27.8 Å². The van der Waals surface area contributed by atoms with Gasteiger partial charge < -0.3 is 5.21 Å². The molecule has 2 aromatic carbocycles. The van der Waals surface area contributed by atoms with Crippen LogP contribution in [0.1, 0.15) is 38.9 Å². The molecule has 182 valence electrons. The van der Waals surface area contributed by atoms with Crippen LogP contribution >= 0.6 is 0 Å². The minimum absolute atomic E-state index is 0.0171. The number of Topliss-reactive ketones (excluding diaryl/α,β-unsaturated/α-hetero) is 1. The standard InChI is InChI=1S/C27H25N3O.CH5NO.CH4/c1-27-16-20(17-28)25(31)22(15-18-9-5-3-6-10-18)23(27)14-13-21-24(30(2)29-26(21)27)19-11-7-4-8-12-19;1-2-3;/h3-12,16,22-23H,13-15H2,1-2H3;2-3H,1H3;1H4/t22-,23-,27-;;/m0../s1/i;;1T. The predicted molar refractivity (Wildman–Crippen MR) is 138 cm³/mol. The molecule has 35 heavy (non-hydrogen) atoms. The zero-order valence-corrected chi connectivity index (χ0v) is 20.8. The quantitative estimate of drug-likeness (QED) is 0.522. The molecule has 0 unspecified atom stereocenters. The van der Waals surface area contributed by atoms with Crippen molar-refractivity contribution in [2.24, 2.45) is 18.9 Å². The number of rotatable bonds is 3. The lowest BCUT2D eigenvalue weighted by Crippen LogP contribution is -2.47. The molecule has 0 amide bonds. The molecule has 5 rings (SSSR count). The summed E-state index contributed by atoms with van der Waals surface area (Å²) >= 11 is 0. The highest BCUT2D eigenvalue weighted by atomic mass is 16.5. The first-order valence-corrected chi connectivity index (χ1v) is 11.6. The molecule has 3 aromatic rings. The summed E-state index contributed by atoms with van der Waals surface area (Å²) in [5, 5.41) is 22.1. The Balaban J connectivity index is 0.000000674. The Bertz CT molecular complexity index is 1250. The lowest BCUT2D eigenvalue weighted by Gasteiger charge is -2.45. The van der Waals surface area contributed by atoms with Crippen molar-refractivity contribution in [1.82, 2.24) is 15.3 Å². The van der Waals surface area contributed by atoms with Gasteiger partial charge in [0.2, 0.25) is 0 Å². The van der Waals surface area contributed by atoms with Crippen molar-refractivity contribution in [3.8, 4) is 17.3 Å². The number of nitrogens with one attached hydrogen (secondary N) is 1. The molecule has 2 aliphatic carbocycles. The Morgan fingerprint density at radius 3 is 2.43 bits per heavy atom. The van der Waals surface area contributed by atoms with Crippen molar-refractivity contribution in [2.75, 3.05) is 7.05 Å². The molecule has 1 heterocycles. The van der Waals surface area contributed by atoms with E-state index in [4.69, 9.17) is 11.7 Å². The molecule has 0 fully saturated rings. The zero-order valence-electron chi connectivity index (χ0n) is 21.8. The van der Waals surface area contributed by atoms with E-state index in [1.54, 1.807) is 5.48 Å². The number of carbonyl (C=O) groups is 1. The van der Waals surface area contributed by atoms with Gasteiger partial charge in [0.05, 0.1) is 17.0 Å². The van der Waals surface area contributed by atoms with Crippen molar-refractivity contribution in [1.29, 1.82) is 5.26 Å². The Kier molecular flexibility index (Phi) is 7.60. The van der Waals surface area contributed by atoms with Gasteiger partial charge in [-0.25, -0.2) is 5.48 Å². The Morgan fingerprint density at radius 2 is 1.83 bits per heavy atom. The second-order valence-corrected chi connectivity index (χ2v) is 9.15. The number of hydrogen-bond donors (Lipinski definition) is 2. The molecule has 0 radical (unpaired) electrons. The lowest BCUT2D eigenvalue weighted by molar-refractivity contribution is -0.122. The summed E-state index contributed by atoms with van der Waals surface area (Å²) in [6, 6.07) is 22.7. The van der Waals surface area contributed by atoms with E-state index in [1.165, 1.54) is 20.0 Å². The Labute approximate surface area is 209 Å². The first kappa shape index (κ1) is 24.6. The third-order valence-electron chi connectivity index (χ3n) is 7.13. The van der Waals surface area contributed by atoms with Gasteiger partial charge in [0.15, 0.2) is 5.78 Å². The summed E-state index contributed by atoms with van der Waals surface area (Å²) in [4.78, 5) is 13.2. The second kappa shape index (κ2) is 10.8. The number of aryl methyl sites for hydroxylation is 1. The molecule has 2 N–H and O–H groups in total. The average molecular weight is 473 g/mol. The van der Waals surface area contributed by atoms with Gasteiger partial charge in [-0.2, -0.15) is 10.4 Å². The molecule has 0 spiro atoms. The van der Waals surface area contributed by atoms with Crippen LogP contribution in [0.25, 0.3) is 11.3 Å². The summed E-state index contributed by atoms with van der Waals surface area (Å²) in [5.41, 5.74) is 7.28. The zero-order chi connectivity index (χ0) is 26.3. The summed E-state index contributed by atoms with van der Waals surface area (Å²) in [5.74, 6) is -0.0952. The highest BCUT2D eigenvalue weighted by Gasteiger charge is 2.51. The second-order valence-electron chi connectivity index (χ2n) is 9.15. The van der Waals surface area contributed by atoms with Gasteiger partial charge in [0.1, 0.15) is 6.07 Å². The van der Waals surface area contributed by atoms with Crippen LogP contribution in [0, 0.1) is 23.2 Å². The molecule has 6 heteroatoms. The first-order chi connectivity index (χ1) is 17.4. The fourth-order valence-electron chi connectivity index (χ4n) is 5.71. The van der Waals surface area contributed by atoms with Crippen LogP contribution in [0.15, 0.2) is 72.3 Å². The van der Waals surface area contributed by atoms with Crippen molar-refractivity contribution in [3.05, 3.63) is 89.1 Å². The molecule has 0 saturated heterocycles. The number of allylic oxidation sites excluding steroid dienone is 2. The van der Waals surface area contributed by atoms with Crippen LogP contribution in [0.3, 0.4) is 0 Å². The maximum atomic E-state index is 13.2. The summed E-state index contributed by atoms with van der Waals surface area (Å²) < 4.78 is 7.72. The number of ketones is 1. The normalized spacial score (nSPS) is 22.6. The predicted octanol–water partition coefficient (Wildman–Crippen LogP) is 5.03. The lowest BCUT2D eigenvalue weighted by atomic mass is 9.56. The third-order valence-corrected chi connectivity index (χ3v) is 7.13. The van der Waals surface area contributed by atoms with Crippen LogP contribution in [0.2, 0.25) is 0 Å². The molecule has 3 atom stereocenters. The van der Waals surface area contributed by atoms with E-state index in [2.05, 4.69) is 37.3 Å². The maximum Gasteiger partial charge on any atom is 0.176 e. The highest BCUT2D eigenvalue weighted by Crippen LogP contribution is 2.51. The summed E-state index contributed by atoms with van der Waals surface area (Å²) in [7, 11) is 4.67. The number of nitriles is 1. The maximum absolute atomic E-state index is 13.2. The van der Waals surface area contributed by atoms with Gasteiger partial charge in [-0.05, 0) is 30.7 Å². The number of benzene rings is 2. The van der Waals surface area contributed by atoms with Crippen LogP contribution in [-0.2, 0) is 30.1 Å². The molecule has 6 nitrogen and oxygen atoms in total. The van der Waals surface area contributed by atoms with Crippen molar-refractivity contribution in [2.45, 2.75) is 39.0 Å². The van der Waals surface area contributed by atoms with E-state index in [9.17, 15) is 10.1 Å². The van der Waals surface area contributed by atoms with Crippen molar-refractivity contribution < 1.29 is 11.4 Å². The molecular formula is C29H34N4O2. The molecule has 0 bridgehead atoms. The Morgan fingerprint density at radius 1 is 1.23 bits per heavy atom. The van der Waals surface area contributed by atoms with Gasteiger partial charge in [-0.15, -0.1) is 0 Å². The minimum Gasteiger partial charge on any atom is -0.317 e. The largest absolute Gasteiger partial charge is 0.317 e. The topological polar surface area (TPSA) is 90.9 Å². The SMILES string of the molecule is CNO.Cn1nc2c(c1-c1ccccc1)CC[C@H]1[C@H](Cc3ccccc3)C(=O)C(C#N)=C[C@]21C.[3H]C. The molecule has 0 aliphatic heterocycles. The van der Waals surface area contributed by atoms with E-state index in [-0.39, 0.29) is 23.2 Å². The number of fused-ring (bicyclic) bond motifs is 3. The van der Waals surface area contributed by atoms with Crippen molar-refractivity contribution in [3.63, 3.8) is 0 Å². The van der Waals surface area contributed by atoms with Gasteiger partial charge in [0.25, 0.3) is 0 Å². The van der Waals surface area contributed by atoms with Crippen LogP contribution in [0.4, 0.5) is 0 Å². The van der Waals surface area contributed by atoms with E-state index < -0.39 is 5.41 Å². The number of nitrogens with zero attached hydrogens (tertiary/aromatic N) is 3. The number of carbonyl (C=O) groups excluding carboxylic acids is 1. The summed E-state index contributed by atoms with van der Waals surface area (Å²) in [6.07, 6.45) is 4.36. The Hall–Kier alpha value is -3.53. The van der Waals surface area contributed by atoms with Gasteiger partial charge in [0, 0.05) is 37.9 Å². The fourth-order valence-corrected chi connectivity index (χ4v) is 5.71. The monoisotopic (exact) mass is 472 g/mol. The first-order valence-electron chi connectivity index (χ1n) is 12.6. The van der Waals surface area contributed by atoms with Gasteiger partial charge >= 0.3 is 0 Å². The fraction of sp³-hybridized carbons (Fsp3) is 0.345. The summed E-state index contributed by atoms with van der Waals surface area (Å²) in [6.45, 7) is 2.17. The van der Waals surface area contributed by atoms with E-state index in [0.717, 1.165) is 35.4 Å². The van der Waals surface area contributed by atoms with E-state index in [0.29, 0.717) is 6.42 Å². The number of aromatic nitrogens is 2. The minimum atomic E-state index is -0.434. The molecule has 0 saturated carbocycles. The number of hydroxylamine groups is 1.